The smallest absolute Gasteiger partial charge is 0.349 e. The molecule has 0 radical (unpaired) electrons. The number of aromatic nitrogens is 2. The van der Waals surface area contributed by atoms with E-state index >= 15 is 0 Å². The van der Waals surface area contributed by atoms with Crippen LogP contribution in [0.3, 0.4) is 0 Å². The Hall–Kier alpha value is -3.20. The van der Waals surface area contributed by atoms with Crippen molar-refractivity contribution < 1.29 is 14.3 Å². The first-order valence-corrected chi connectivity index (χ1v) is 11.3. The lowest BCUT2D eigenvalue weighted by molar-refractivity contribution is -0.116. The van der Waals surface area contributed by atoms with Crippen LogP contribution in [-0.2, 0) is 22.7 Å². The van der Waals surface area contributed by atoms with E-state index < -0.39 is 17.4 Å². The second-order valence-corrected chi connectivity index (χ2v) is 8.99. The van der Waals surface area contributed by atoms with E-state index in [4.69, 9.17) is 27.9 Å². The van der Waals surface area contributed by atoms with E-state index in [0.29, 0.717) is 31.0 Å². The first-order valence-electron chi connectivity index (χ1n) is 9.78. The molecule has 0 saturated carbocycles. The molecule has 0 aliphatic carbocycles. The lowest BCUT2D eigenvalue weighted by Gasteiger charge is -2.09. The van der Waals surface area contributed by atoms with Crippen LogP contribution in [0.15, 0.2) is 59.7 Å². The largest absolute Gasteiger partial charge is 0.457 e. The summed E-state index contributed by atoms with van der Waals surface area (Å²) in [6.07, 6.45) is 1.28. The number of thiophene rings is 1. The number of fused-ring (bicyclic) bond motifs is 1. The van der Waals surface area contributed by atoms with Gasteiger partial charge in [-0.1, -0.05) is 53.5 Å². The van der Waals surface area contributed by atoms with Crippen LogP contribution in [0.4, 0.5) is 5.69 Å². The van der Waals surface area contributed by atoms with Crippen LogP contribution >= 0.6 is 34.5 Å². The van der Waals surface area contributed by atoms with E-state index in [1.54, 1.807) is 19.1 Å². The molecule has 2 aromatic carbocycles. The molecule has 0 fully saturated rings. The zero-order valence-corrected chi connectivity index (χ0v) is 19.6. The molecule has 1 amide bonds. The minimum Gasteiger partial charge on any atom is -0.457 e. The molecular formula is C23H17Cl2N3O4S. The van der Waals surface area contributed by atoms with Crippen LogP contribution in [0.1, 0.15) is 20.8 Å². The van der Waals surface area contributed by atoms with Gasteiger partial charge in [0.2, 0.25) is 5.91 Å². The predicted octanol–water partition coefficient (Wildman–Crippen LogP) is 5.07. The van der Waals surface area contributed by atoms with Crippen LogP contribution in [0.2, 0.25) is 10.0 Å². The quantitative estimate of drug-likeness (QED) is 0.372. The second-order valence-electron chi connectivity index (χ2n) is 7.15. The molecule has 7 nitrogen and oxygen atoms in total. The Kier molecular flexibility index (Phi) is 6.78. The summed E-state index contributed by atoms with van der Waals surface area (Å²) in [6.45, 7) is 1.50. The SMILES string of the molecule is Cc1c(C(=O)OCc2ccccc2)sc2ncn(CC(=O)Nc3cc(Cl)ccc3Cl)c(=O)c12. The monoisotopic (exact) mass is 501 g/mol. The van der Waals surface area contributed by atoms with Gasteiger partial charge in [0.05, 0.1) is 22.4 Å². The molecule has 4 rings (SSSR count). The number of esters is 1. The van der Waals surface area contributed by atoms with Crippen LogP contribution in [0.25, 0.3) is 10.2 Å². The molecule has 0 saturated heterocycles. The number of carbonyl (C=O) groups excluding carboxylic acids is 2. The molecule has 0 atom stereocenters. The van der Waals surface area contributed by atoms with Crippen molar-refractivity contribution in [3.8, 4) is 0 Å². The van der Waals surface area contributed by atoms with Gasteiger partial charge >= 0.3 is 5.97 Å². The van der Waals surface area contributed by atoms with Gasteiger partial charge in [0.15, 0.2) is 0 Å². The fourth-order valence-electron chi connectivity index (χ4n) is 3.19. The van der Waals surface area contributed by atoms with Crippen molar-refractivity contribution in [2.45, 2.75) is 20.1 Å². The average Bonchev–Trinajstić information content (AvgIpc) is 3.14. The Morgan fingerprint density at radius 2 is 1.91 bits per heavy atom. The van der Waals surface area contributed by atoms with Gasteiger partial charge in [-0.05, 0) is 36.2 Å². The number of aryl methyl sites for hydroxylation is 1. The van der Waals surface area contributed by atoms with Crippen molar-refractivity contribution in [1.29, 1.82) is 0 Å². The van der Waals surface area contributed by atoms with E-state index in [2.05, 4.69) is 10.3 Å². The summed E-state index contributed by atoms with van der Waals surface area (Å²) < 4.78 is 6.57. The maximum Gasteiger partial charge on any atom is 0.349 e. The molecule has 33 heavy (non-hydrogen) atoms. The Bertz CT molecular complexity index is 1420. The number of nitrogens with one attached hydrogen (secondary N) is 1. The molecule has 0 spiro atoms. The molecule has 4 aromatic rings. The molecular weight excluding hydrogens is 485 g/mol. The Balaban J connectivity index is 1.54. The molecule has 0 aliphatic rings. The lowest BCUT2D eigenvalue weighted by Crippen LogP contribution is -2.28. The Labute approximate surface area is 202 Å². The number of hydrogen-bond donors (Lipinski definition) is 1. The third kappa shape index (κ3) is 5.08. The first-order chi connectivity index (χ1) is 15.8. The van der Waals surface area contributed by atoms with Crippen LogP contribution in [0.5, 0.6) is 0 Å². The highest BCUT2D eigenvalue weighted by atomic mass is 35.5. The molecule has 168 valence electrons. The number of anilines is 1. The molecule has 10 heteroatoms. The number of carbonyl (C=O) groups is 2. The number of ether oxygens (including phenoxy) is 1. The summed E-state index contributed by atoms with van der Waals surface area (Å²) in [4.78, 5) is 43.1. The molecule has 0 aliphatic heterocycles. The Morgan fingerprint density at radius 1 is 1.15 bits per heavy atom. The summed E-state index contributed by atoms with van der Waals surface area (Å²) >= 11 is 13.1. The van der Waals surface area contributed by atoms with Crippen LogP contribution in [0, 0.1) is 6.92 Å². The third-order valence-electron chi connectivity index (χ3n) is 4.83. The lowest BCUT2D eigenvalue weighted by atomic mass is 10.2. The average molecular weight is 502 g/mol. The van der Waals surface area contributed by atoms with Gasteiger partial charge in [0.1, 0.15) is 22.9 Å². The first kappa shape index (κ1) is 23.0. The highest BCUT2D eigenvalue weighted by Crippen LogP contribution is 2.28. The maximum absolute atomic E-state index is 13.0. The predicted molar refractivity (Wildman–Crippen MR) is 129 cm³/mol. The van der Waals surface area contributed by atoms with Gasteiger partial charge in [-0.25, -0.2) is 9.78 Å². The van der Waals surface area contributed by atoms with Crippen molar-refractivity contribution in [3.63, 3.8) is 0 Å². The molecule has 2 heterocycles. The normalized spacial score (nSPS) is 10.9. The second kappa shape index (κ2) is 9.74. The van der Waals surface area contributed by atoms with Gasteiger partial charge in [0.25, 0.3) is 5.56 Å². The summed E-state index contributed by atoms with van der Waals surface area (Å²) in [5, 5.41) is 3.64. The summed E-state index contributed by atoms with van der Waals surface area (Å²) in [6, 6.07) is 14.0. The molecule has 1 N–H and O–H groups in total. The highest BCUT2D eigenvalue weighted by Gasteiger charge is 2.21. The van der Waals surface area contributed by atoms with Gasteiger partial charge in [-0.15, -0.1) is 11.3 Å². The van der Waals surface area contributed by atoms with Crippen LogP contribution in [-0.4, -0.2) is 21.4 Å². The van der Waals surface area contributed by atoms with Gasteiger partial charge in [-0.2, -0.15) is 0 Å². The van der Waals surface area contributed by atoms with Crippen molar-refractivity contribution in [2.75, 3.05) is 5.32 Å². The van der Waals surface area contributed by atoms with Gasteiger partial charge in [-0.3, -0.25) is 14.2 Å². The number of nitrogens with zero attached hydrogens (tertiary/aromatic N) is 2. The number of benzene rings is 2. The Morgan fingerprint density at radius 3 is 2.67 bits per heavy atom. The number of halogens is 2. The van der Waals surface area contributed by atoms with Crippen molar-refractivity contribution >= 4 is 62.3 Å². The van der Waals surface area contributed by atoms with Crippen molar-refractivity contribution in [3.05, 3.63) is 91.3 Å². The van der Waals surface area contributed by atoms with E-state index in [9.17, 15) is 14.4 Å². The number of amides is 1. The minimum atomic E-state index is -0.529. The number of rotatable bonds is 6. The minimum absolute atomic E-state index is 0.122. The summed E-state index contributed by atoms with van der Waals surface area (Å²) in [5.41, 5.74) is 1.24. The number of hydrogen-bond acceptors (Lipinski definition) is 6. The third-order valence-corrected chi connectivity index (χ3v) is 6.58. The zero-order chi connectivity index (χ0) is 23.5. The van der Waals surface area contributed by atoms with E-state index in [-0.39, 0.29) is 18.5 Å². The van der Waals surface area contributed by atoms with Gasteiger partial charge in [0, 0.05) is 5.02 Å². The summed E-state index contributed by atoms with van der Waals surface area (Å²) in [7, 11) is 0. The summed E-state index contributed by atoms with van der Waals surface area (Å²) in [5.74, 6) is -1.00. The molecule has 2 aromatic heterocycles. The van der Waals surface area contributed by atoms with Gasteiger partial charge < -0.3 is 10.1 Å². The van der Waals surface area contributed by atoms with E-state index in [1.807, 2.05) is 30.3 Å². The highest BCUT2D eigenvalue weighted by molar-refractivity contribution is 7.20. The van der Waals surface area contributed by atoms with E-state index in [0.717, 1.165) is 16.9 Å². The standard InChI is InChI=1S/C23H17Cl2N3O4S/c1-13-19-21(33-20(13)23(31)32-11-14-5-3-2-4-6-14)26-12-28(22(19)30)10-18(29)27-17-9-15(24)7-8-16(17)25/h2-9,12H,10-11H2,1H3,(H,27,29). The van der Waals surface area contributed by atoms with Crippen molar-refractivity contribution in [1.82, 2.24) is 9.55 Å². The van der Waals surface area contributed by atoms with E-state index in [1.165, 1.54) is 17.0 Å². The molecule has 0 unspecified atom stereocenters. The topological polar surface area (TPSA) is 90.3 Å². The molecule has 0 bridgehead atoms. The fourth-order valence-corrected chi connectivity index (χ4v) is 4.56. The maximum atomic E-state index is 13.0. The van der Waals surface area contributed by atoms with Crippen molar-refractivity contribution in [2.24, 2.45) is 0 Å². The zero-order valence-electron chi connectivity index (χ0n) is 17.3. The van der Waals surface area contributed by atoms with Crippen LogP contribution < -0.4 is 10.9 Å². The fraction of sp³-hybridized carbons (Fsp3) is 0.130.